The molecular weight excluding hydrogens is 279 g/mol. The normalized spacial score (nSPS) is 10.1. The van der Waals surface area contributed by atoms with Crippen LogP contribution in [0.2, 0.25) is 0 Å². The molecule has 7 heteroatoms. The molecule has 108 valence electrons. The van der Waals surface area contributed by atoms with Crippen LogP contribution in [0.25, 0.3) is 0 Å². The van der Waals surface area contributed by atoms with Gasteiger partial charge >= 0.3 is 5.97 Å². The first-order chi connectivity index (χ1) is 9.97. The van der Waals surface area contributed by atoms with E-state index < -0.39 is 16.7 Å². The molecule has 0 amide bonds. The lowest BCUT2D eigenvalue weighted by atomic mass is 10.1. The molecular formula is C14H11FN2O4. The van der Waals surface area contributed by atoms with Crippen LogP contribution in [0.1, 0.15) is 15.9 Å². The number of rotatable bonds is 5. The second kappa shape index (κ2) is 6.00. The van der Waals surface area contributed by atoms with Crippen molar-refractivity contribution in [3.8, 4) is 0 Å². The topological polar surface area (TPSA) is 92.5 Å². The van der Waals surface area contributed by atoms with E-state index in [4.69, 9.17) is 5.11 Å². The molecule has 21 heavy (non-hydrogen) atoms. The van der Waals surface area contributed by atoms with Gasteiger partial charge in [0.2, 0.25) is 0 Å². The van der Waals surface area contributed by atoms with Crippen LogP contribution in [0.4, 0.5) is 15.8 Å². The third-order valence-electron chi connectivity index (χ3n) is 2.84. The quantitative estimate of drug-likeness (QED) is 0.652. The van der Waals surface area contributed by atoms with Crippen LogP contribution in [0.15, 0.2) is 42.5 Å². The maximum atomic E-state index is 13.0. The summed E-state index contributed by atoms with van der Waals surface area (Å²) in [5.74, 6) is -1.71. The minimum atomic E-state index is -1.02. The van der Waals surface area contributed by atoms with Crippen molar-refractivity contribution in [2.24, 2.45) is 0 Å². The second-order valence-electron chi connectivity index (χ2n) is 4.27. The monoisotopic (exact) mass is 290 g/mol. The number of nitrogens with one attached hydrogen (secondary N) is 1. The Bertz CT molecular complexity index is 686. The van der Waals surface area contributed by atoms with Gasteiger partial charge in [-0.25, -0.2) is 9.18 Å². The summed E-state index contributed by atoms with van der Waals surface area (Å²) in [6.07, 6.45) is 0. The highest BCUT2D eigenvalue weighted by Gasteiger charge is 2.14. The molecule has 2 rings (SSSR count). The molecule has 0 aliphatic rings. The zero-order valence-corrected chi connectivity index (χ0v) is 10.7. The Morgan fingerprint density at radius 1 is 1.24 bits per heavy atom. The molecule has 2 aromatic rings. The largest absolute Gasteiger partial charge is 0.478 e. The van der Waals surface area contributed by atoms with Crippen LogP contribution < -0.4 is 5.32 Å². The van der Waals surface area contributed by atoms with Crippen LogP contribution in [-0.4, -0.2) is 16.0 Å². The molecule has 0 fully saturated rings. The van der Waals surface area contributed by atoms with Gasteiger partial charge in [-0.3, -0.25) is 10.1 Å². The maximum Gasteiger partial charge on any atom is 0.335 e. The Morgan fingerprint density at radius 2 is 1.90 bits per heavy atom. The van der Waals surface area contributed by atoms with E-state index in [0.29, 0.717) is 0 Å². The summed E-state index contributed by atoms with van der Waals surface area (Å²) >= 11 is 0. The van der Waals surface area contributed by atoms with Crippen molar-refractivity contribution in [2.45, 2.75) is 6.54 Å². The number of carboxylic acid groups (broad SMARTS) is 1. The van der Waals surface area contributed by atoms with E-state index in [-0.39, 0.29) is 23.5 Å². The van der Waals surface area contributed by atoms with E-state index in [1.807, 2.05) is 0 Å². The maximum absolute atomic E-state index is 13.0. The summed E-state index contributed by atoms with van der Waals surface area (Å²) in [5.41, 5.74) is 0.756. The number of nitro benzene ring substituents is 1. The lowest BCUT2D eigenvalue weighted by Crippen LogP contribution is -2.03. The Hall–Kier alpha value is -2.96. The highest BCUT2D eigenvalue weighted by Crippen LogP contribution is 2.25. The third-order valence-corrected chi connectivity index (χ3v) is 2.84. The number of aromatic carboxylic acids is 1. The van der Waals surface area contributed by atoms with Gasteiger partial charge < -0.3 is 10.4 Å². The predicted octanol–water partition coefficient (Wildman–Crippen LogP) is 3.04. The van der Waals surface area contributed by atoms with E-state index in [2.05, 4.69) is 5.32 Å². The number of hydrogen-bond acceptors (Lipinski definition) is 4. The molecule has 0 spiro atoms. The van der Waals surface area contributed by atoms with Crippen molar-refractivity contribution in [3.05, 3.63) is 69.5 Å². The first-order valence-electron chi connectivity index (χ1n) is 5.97. The van der Waals surface area contributed by atoms with Crippen LogP contribution in [0.5, 0.6) is 0 Å². The fourth-order valence-corrected chi connectivity index (χ4v) is 1.77. The van der Waals surface area contributed by atoms with Crippen molar-refractivity contribution in [3.63, 3.8) is 0 Å². The number of halogens is 1. The number of carbonyl (C=O) groups is 1. The zero-order valence-electron chi connectivity index (χ0n) is 10.7. The lowest BCUT2D eigenvalue weighted by Gasteiger charge is -2.07. The summed E-state index contributed by atoms with van der Waals surface area (Å²) in [5, 5.41) is 22.5. The molecule has 0 saturated heterocycles. The predicted molar refractivity (Wildman–Crippen MR) is 73.8 cm³/mol. The van der Waals surface area contributed by atoms with Gasteiger partial charge in [0, 0.05) is 6.54 Å². The van der Waals surface area contributed by atoms with Gasteiger partial charge in [-0.1, -0.05) is 12.1 Å². The molecule has 0 atom stereocenters. The van der Waals surface area contributed by atoms with Crippen LogP contribution >= 0.6 is 0 Å². The molecule has 0 aromatic heterocycles. The fraction of sp³-hybridized carbons (Fsp3) is 0.0714. The minimum Gasteiger partial charge on any atom is -0.478 e. The Kier molecular flexibility index (Phi) is 4.13. The highest BCUT2D eigenvalue weighted by atomic mass is 19.1. The average Bonchev–Trinajstić information content (AvgIpc) is 2.46. The van der Waals surface area contributed by atoms with Crippen molar-refractivity contribution < 1.29 is 19.2 Å². The molecule has 0 aliphatic carbocycles. The van der Waals surface area contributed by atoms with E-state index in [9.17, 15) is 19.3 Å². The highest BCUT2D eigenvalue weighted by molar-refractivity contribution is 5.87. The summed E-state index contributed by atoms with van der Waals surface area (Å²) < 4.78 is 13.0. The van der Waals surface area contributed by atoms with Crippen LogP contribution in [0.3, 0.4) is 0 Å². The van der Waals surface area contributed by atoms with Gasteiger partial charge in [-0.05, 0) is 29.8 Å². The number of anilines is 1. The lowest BCUT2D eigenvalue weighted by molar-refractivity contribution is -0.384. The first kappa shape index (κ1) is 14.4. The van der Waals surface area contributed by atoms with Crippen LogP contribution in [0, 0.1) is 15.9 Å². The molecule has 2 aromatic carbocycles. The van der Waals surface area contributed by atoms with Crippen LogP contribution in [-0.2, 0) is 6.54 Å². The summed E-state index contributed by atoms with van der Waals surface area (Å²) in [6.45, 7) is 0.256. The van der Waals surface area contributed by atoms with Crippen molar-refractivity contribution in [1.29, 1.82) is 0 Å². The Labute approximate surface area is 119 Å². The standard InChI is InChI=1S/C14H11FN2O4/c15-11-5-6-12(13(7-11)17(20)21)16-8-9-1-3-10(4-2-9)14(18)19/h1-7,16H,8H2,(H,18,19). The van der Waals surface area contributed by atoms with Gasteiger partial charge in [0.25, 0.3) is 5.69 Å². The van der Waals surface area contributed by atoms with E-state index in [1.165, 1.54) is 18.2 Å². The zero-order chi connectivity index (χ0) is 15.4. The number of nitrogens with zero attached hydrogens (tertiary/aromatic N) is 1. The molecule has 0 unspecified atom stereocenters. The smallest absolute Gasteiger partial charge is 0.335 e. The summed E-state index contributed by atoms with van der Waals surface area (Å²) in [7, 11) is 0. The minimum absolute atomic E-state index is 0.159. The van der Waals surface area contributed by atoms with Gasteiger partial charge in [0.1, 0.15) is 11.5 Å². The van der Waals surface area contributed by atoms with Gasteiger partial charge in [0.15, 0.2) is 0 Å². The molecule has 2 N–H and O–H groups in total. The number of nitro groups is 1. The van der Waals surface area contributed by atoms with Gasteiger partial charge in [-0.15, -0.1) is 0 Å². The summed E-state index contributed by atoms with van der Waals surface area (Å²) in [4.78, 5) is 20.9. The van der Waals surface area contributed by atoms with E-state index >= 15 is 0 Å². The first-order valence-corrected chi connectivity index (χ1v) is 5.97. The summed E-state index contributed by atoms with van der Waals surface area (Å²) in [6, 6.07) is 9.35. The number of carboxylic acids is 1. The number of hydrogen-bond donors (Lipinski definition) is 2. The molecule has 0 aliphatic heterocycles. The fourth-order valence-electron chi connectivity index (χ4n) is 1.77. The third kappa shape index (κ3) is 3.53. The number of benzene rings is 2. The average molecular weight is 290 g/mol. The van der Waals surface area contributed by atoms with Crippen molar-refractivity contribution in [2.75, 3.05) is 5.32 Å². The van der Waals surface area contributed by atoms with Crippen molar-refractivity contribution in [1.82, 2.24) is 0 Å². The second-order valence-corrected chi connectivity index (χ2v) is 4.27. The molecule has 0 heterocycles. The van der Waals surface area contributed by atoms with E-state index in [1.54, 1.807) is 12.1 Å². The van der Waals surface area contributed by atoms with E-state index in [0.717, 1.165) is 17.7 Å². The molecule has 0 saturated carbocycles. The Morgan fingerprint density at radius 3 is 2.48 bits per heavy atom. The molecule has 0 radical (unpaired) electrons. The SMILES string of the molecule is O=C(O)c1ccc(CNc2ccc(F)cc2[N+](=O)[O-])cc1. The molecule has 0 bridgehead atoms. The Balaban J connectivity index is 2.13. The van der Waals surface area contributed by atoms with Gasteiger partial charge in [-0.2, -0.15) is 0 Å². The van der Waals surface area contributed by atoms with Crippen molar-refractivity contribution >= 4 is 17.3 Å². The van der Waals surface area contributed by atoms with Gasteiger partial charge in [0.05, 0.1) is 16.6 Å². The molecule has 6 nitrogen and oxygen atoms in total.